The quantitative estimate of drug-likeness (QED) is 0.518. The number of thiophene rings is 1. The Hall–Kier alpha value is -2.26. The van der Waals surface area contributed by atoms with E-state index in [0.29, 0.717) is 16.1 Å². The molecule has 0 atom stereocenters. The molecule has 0 unspecified atom stereocenters. The number of benzene rings is 2. The molecule has 0 radical (unpaired) electrons. The van der Waals surface area contributed by atoms with Crippen LogP contribution >= 0.6 is 34.5 Å². The fourth-order valence-corrected chi connectivity index (χ4v) is 5.32. The fourth-order valence-electron chi connectivity index (χ4n) is 2.31. The Morgan fingerprint density at radius 1 is 1.07 bits per heavy atom. The summed E-state index contributed by atoms with van der Waals surface area (Å²) < 4.78 is 27.8. The van der Waals surface area contributed by atoms with Crippen molar-refractivity contribution in [1.29, 1.82) is 0 Å². The zero-order chi connectivity index (χ0) is 19.8. The maximum absolute atomic E-state index is 12.6. The summed E-state index contributed by atoms with van der Waals surface area (Å²) in [6, 6.07) is 11.6. The number of halogens is 2. The highest BCUT2D eigenvalue weighted by molar-refractivity contribution is 7.94. The van der Waals surface area contributed by atoms with E-state index >= 15 is 0 Å². The van der Waals surface area contributed by atoms with Crippen molar-refractivity contribution in [2.45, 2.75) is 4.21 Å². The van der Waals surface area contributed by atoms with Gasteiger partial charge >= 0.3 is 5.97 Å². The minimum absolute atomic E-state index is 0.0197. The first kappa shape index (κ1) is 19.5. The van der Waals surface area contributed by atoms with Crippen LogP contribution in [-0.4, -0.2) is 24.6 Å². The number of phenols is 1. The second kappa shape index (κ2) is 7.40. The van der Waals surface area contributed by atoms with E-state index < -0.39 is 21.7 Å². The van der Waals surface area contributed by atoms with Gasteiger partial charge in [0, 0.05) is 16.7 Å². The molecule has 2 aromatic carbocycles. The maximum Gasteiger partial charge on any atom is 0.339 e. The highest BCUT2D eigenvalue weighted by Gasteiger charge is 2.21. The van der Waals surface area contributed by atoms with E-state index in [4.69, 9.17) is 28.3 Å². The molecule has 1 aromatic heterocycles. The molecule has 6 nitrogen and oxygen atoms in total. The topological polar surface area (TPSA) is 104 Å². The van der Waals surface area contributed by atoms with Crippen LogP contribution in [0.15, 0.2) is 52.7 Å². The third-order valence-corrected chi connectivity index (χ3v) is 6.99. The summed E-state index contributed by atoms with van der Waals surface area (Å²) in [5.74, 6) is -1.87. The summed E-state index contributed by atoms with van der Waals surface area (Å²) in [6.07, 6.45) is 0. The lowest BCUT2D eigenvalue weighted by Crippen LogP contribution is -2.11. The summed E-state index contributed by atoms with van der Waals surface area (Å²) in [5, 5.41) is 19.1. The molecule has 3 rings (SSSR count). The van der Waals surface area contributed by atoms with Gasteiger partial charge in [0.25, 0.3) is 10.0 Å². The molecule has 3 N–H and O–H groups in total. The normalized spacial score (nSPS) is 11.3. The highest BCUT2D eigenvalue weighted by atomic mass is 35.5. The van der Waals surface area contributed by atoms with Gasteiger partial charge in [0.1, 0.15) is 19.9 Å². The molecule has 0 aliphatic rings. The third-order valence-electron chi connectivity index (χ3n) is 3.54. The monoisotopic (exact) mass is 443 g/mol. The molecule has 0 amide bonds. The number of carbonyl (C=O) groups is 1. The molecule has 140 valence electrons. The van der Waals surface area contributed by atoms with Crippen molar-refractivity contribution >= 4 is 56.2 Å². The van der Waals surface area contributed by atoms with Crippen molar-refractivity contribution in [2.75, 3.05) is 4.72 Å². The number of carboxylic acid groups (broad SMARTS) is 1. The number of aromatic hydroxyl groups is 1. The van der Waals surface area contributed by atoms with Gasteiger partial charge in [0.2, 0.25) is 0 Å². The number of sulfonamides is 1. The molecule has 0 saturated heterocycles. The standard InChI is InChI=1S/C17H11Cl2NO5S2/c18-10-3-1-2-9(6-10)13-8-15(26-16(13)19)27(24,25)20-11-4-5-12(17(22)23)14(21)7-11/h1-8,20-21H,(H,22,23). The van der Waals surface area contributed by atoms with Gasteiger partial charge in [-0.15, -0.1) is 11.3 Å². The summed E-state index contributed by atoms with van der Waals surface area (Å²) >= 11 is 13.0. The highest BCUT2D eigenvalue weighted by Crippen LogP contribution is 2.39. The van der Waals surface area contributed by atoms with Gasteiger partial charge in [-0.2, -0.15) is 0 Å². The van der Waals surface area contributed by atoms with Crippen molar-refractivity contribution in [2.24, 2.45) is 0 Å². The van der Waals surface area contributed by atoms with Gasteiger partial charge < -0.3 is 10.2 Å². The molecule has 0 aliphatic carbocycles. The first-order chi connectivity index (χ1) is 12.7. The Balaban J connectivity index is 1.93. The Bertz CT molecular complexity index is 1140. The molecular formula is C17H11Cl2NO5S2. The number of hydrogen-bond acceptors (Lipinski definition) is 5. The average Bonchev–Trinajstić information content (AvgIpc) is 2.97. The largest absolute Gasteiger partial charge is 0.507 e. The van der Waals surface area contributed by atoms with Gasteiger partial charge in [0.15, 0.2) is 0 Å². The lowest BCUT2D eigenvalue weighted by Gasteiger charge is -2.07. The van der Waals surface area contributed by atoms with E-state index in [1.54, 1.807) is 24.3 Å². The molecule has 10 heteroatoms. The second-order valence-electron chi connectivity index (χ2n) is 5.41. The van der Waals surface area contributed by atoms with E-state index in [1.165, 1.54) is 12.1 Å². The van der Waals surface area contributed by atoms with Crippen molar-refractivity contribution in [3.63, 3.8) is 0 Å². The van der Waals surface area contributed by atoms with Crippen LogP contribution in [0, 0.1) is 0 Å². The van der Waals surface area contributed by atoms with Crippen LogP contribution in [0.2, 0.25) is 9.36 Å². The molecule has 3 aromatic rings. The second-order valence-corrected chi connectivity index (χ2v) is 9.41. The van der Waals surface area contributed by atoms with Crippen molar-refractivity contribution < 1.29 is 23.4 Å². The summed E-state index contributed by atoms with van der Waals surface area (Å²) in [5.41, 5.74) is 0.883. The van der Waals surface area contributed by atoms with Gasteiger partial charge in [-0.3, -0.25) is 4.72 Å². The summed E-state index contributed by atoms with van der Waals surface area (Å²) in [6.45, 7) is 0. The minimum atomic E-state index is -3.99. The smallest absolute Gasteiger partial charge is 0.339 e. The SMILES string of the molecule is O=C(O)c1ccc(NS(=O)(=O)c2cc(-c3cccc(Cl)c3)c(Cl)s2)cc1O. The molecular weight excluding hydrogens is 433 g/mol. The van der Waals surface area contributed by atoms with E-state index in [-0.39, 0.29) is 19.8 Å². The van der Waals surface area contributed by atoms with Crippen LogP contribution in [0.4, 0.5) is 5.69 Å². The lowest BCUT2D eigenvalue weighted by molar-refractivity contribution is 0.0694. The van der Waals surface area contributed by atoms with E-state index in [9.17, 15) is 18.3 Å². The van der Waals surface area contributed by atoms with Crippen LogP contribution in [-0.2, 0) is 10.0 Å². The van der Waals surface area contributed by atoms with Crippen LogP contribution in [0.1, 0.15) is 10.4 Å². The van der Waals surface area contributed by atoms with Crippen molar-refractivity contribution in [3.8, 4) is 16.9 Å². The Morgan fingerprint density at radius 2 is 1.81 bits per heavy atom. The van der Waals surface area contributed by atoms with Crippen molar-refractivity contribution in [1.82, 2.24) is 0 Å². The molecule has 0 spiro atoms. The predicted molar refractivity (Wildman–Crippen MR) is 106 cm³/mol. The molecule has 0 aliphatic heterocycles. The maximum atomic E-state index is 12.6. The Morgan fingerprint density at radius 3 is 2.44 bits per heavy atom. The first-order valence-corrected chi connectivity index (χ1v) is 10.4. The number of aromatic carboxylic acids is 1. The number of nitrogens with one attached hydrogen (secondary N) is 1. The van der Waals surface area contributed by atoms with Crippen LogP contribution in [0.5, 0.6) is 5.75 Å². The Labute approximate surface area is 168 Å². The van der Waals surface area contributed by atoms with Crippen LogP contribution in [0.3, 0.4) is 0 Å². The number of rotatable bonds is 5. The number of anilines is 1. The van der Waals surface area contributed by atoms with Gasteiger partial charge in [-0.05, 0) is 35.9 Å². The van der Waals surface area contributed by atoms with Gasteiger partial charge in [-0.1, -0.05) is 35.3 Å². The van der Waals surface area contributed by atoms with Gasteiger partial charge in [0.05, 0.1) is 5.69 Å². The third kappa shape index (κ3) is 4.19. The van der Waals surface area contributed by atoms with E-state index in [1.807, 2.05) is 0 Å². The summed E-state index contributed by atoms with van der Waals surface area (Å²) in [4.78, 5) is 10.9. The zero-order valence-corrected chi connectivity index (χ0v) is 16.5. The summed E-state index contributed by atoms with van der Waals surface area (Å²) in [7, 11) is -3.99. The molecule has 0 bridgehead atoms. The average molecular weight is 444 g/mol. The predicted octanol–water partition coefficient (Wildman–Crippen LogP) is 4.93. The molecule has 27 heavy (non-hydrogen) atoms. The zero-order valence-electron chi connectivity index (χ0n) is 13.3. The molecule has 1 heterocycles. The van der Waals surface area contributed by atoms with Crippen LogP contribution < -0.4 is 4.72 Å². The fraction of sp³-hybridized carbons (Fsp3) is 0. The number of carboxylic acids is 1. The van der Waals surface area contributed by atoms with Gasteiger partial charge in [-0.25, -0.2) is 13.2 Å². The van der Waals surface area contributed by atoms with E-state index in [2.05, 4.69) is 4.72 Å². The Kier molecular flexibility index (Phi) is 5.34. The first-order valence-electron chi connectivity index (χ1n) is 7.32. The van der Waals surface area contributed by atoms with Crippen molar-refractivity contribution in [3.05, 3.63) is 63.5 Å². The van der Waals surface area contributed by atoms with E-state index in [0.717, 1.165) is 23.5 Å². The lowest BCUT2D eigenvalue weighted by atomic mass is 10.1. The van der Waals surface area contributed by atoms with Crippen LogP contribution in [0.25, 0.3) is 11.1 Å². The molecule has 0 saturated carbocycles. The number of hydrogen-bond donors (Lipinski definition) is 3. The minimum Gasteiger partial charge on any atom is -0.507 e. The molecule has 0 fully saturated rings.